The second kappa shape index (κ2) is 38.6. The van der Waals surface area contributed by atoms with Gasteiger partial charge in [-0.1, -0.05) is 115 Å². The Morgan fingerprint density at radius 3 is 1.09 bits per heavy atom. The van der Waals surface area contributed by atoms with Gasteiger partial charge in [0.05, 0.1) is 69.5 Å². The molecule has 0 atom stereocenters. The van der Waals surface area contributed by atoms with E-state index in [2.05, 4.69) is 165 Å². The van der Waals surface area contributed by atoms with Crippen LogP contribution in [0.3, 0.4) is 0 Å². The zero-order valence-corrected chi connectivity index (χ0v) is 68.7. The Morgan fingerprint density at radius 2 is 0.731 bits per heavy atom. The van der Waals surface area contributed by atoms with Crippen molar-refractivity contribution < 1.29 is 67.3 Å². The number of carboxylic acids is 1. The van der Waals surface area contributed by atoms with Crippen LogP contribution in [0.5, 0.6) is 17.6 Å². The van der Waals surface area contributed by atoms with Crippen molar-refractivity contribution in [3.05, 3.63) is 156 Å². The molecule has 104 heavy (non-hydrogen) atoms. The summed E-state index contributed by atoms with van der Waals surface area (Å²) in [6.45, 7) is 48.4. The lowest BCUT2D eigenvalue weighted by molar-refractivity contribution is -0.139. The third kappa shape index (κ3) is 20.8. The van der Waals surface area contributed by atoms with Crippen LogP contribution >= 0.6 is 11.6 Å². The molecule has 0 aliphatic heterocycles. The van der Waals surface area contributed by atoms with E-state index in [-0.39, 0.29) is 46.9 Å². The number of halogens is 2. The van der Waals surface area contributed by atoms with E-state index in [9.17, 15) is 24.0 Å². The number of nitrogens with zero attached hydrogens (tertiary/aromatic N) is 10. The van der Waals surface area contributed by atoms with Crippen molar-refractivity contribution in [2.45, 2.75) is 223 Å². The SMILES string of the molecule is CCOc1nc(C)cn2c(CC)c(CC(C)C)c(C(=O)C(N)=O)c12.CCOc1nc(C)cn2c(CC)c(CC(C)C)cc12.CCc1c(CC(C)C)c(C(=O)C(N)=O)c2c(OCC(=O)O)nc(C)cn12.CCc1c(CC(C)C)cc2c(C)nc(C)cn12.CCc1c(CC(C)C)cc2c(Cl)nc(C)cn12.[I-]. The van der Waals surface area contributed by atoms with Gasteiger partial charge in [0, 0.05) is 59.5 Å². The lowest BCUT2D eigenvalue weighted by atomic mass is 9.95. The number of rotatable bonds is 26. The highest BCUT2D eigenvalue weighted by Gasteiger charge is 2.31. The highest BCUT2D eigenvalue weighted by Crippen LogP contribution is 2.36. The predicted octanol–water partition coefficient (Wildman–Crippen LogP) is 12.6. The third-order valence-electron chi connectivity index (χ3n) is 17.4. The number of carbonyl (C=O) groups excluding carboxylic acids is 4. The Bertz CT molecular complexity index is 4580. The fourth-order valence-corrected chi connectivity index (χ4v) is 14.0. The molecule has 0 fully saturated rings. The Morgan fingerprint density at radius 1 is 0.423 bits per heavy atom. The maximum absolute atomic E-state index is 12.6. The van der Waals surface area contributed by atoms with Gasteiger partial charge in [-0.15, -0.1) is 0 Å². The highest BCUT2D eigenvalue weighted by molar-refractivity contribution is 6.45. The fourth-order valence-electron chi connectivity index (χ4n) is 13.7. The number of primary amides is 2. The summed E-state index contributed by atoms with van der Waals surface area (Å²) in [5, 5.41) is 9.51. The Kier molecular flexibility index (Phi) is 32.0. The van der Waals surface area contributed by atoms with Crippen molar-refractivity contribution in [3.8, 4) is 17.6 Å². The molecule has 0 bridgehead atoms. The van der Waals surface area contributed by atoms with E-state index >= 15 is 0 Å². The molecular weight excluding hydrogens is 1450 g/mol. The zero-order chi connectivity index (χ0) is 76.8. The summed E-state index contributed by atoms with van der Waals surface area (Å²) < 4.78 is 27.1. The Hall–Kier alpha value is -8.38. The first-order chi connectivity index (χ1) is 48.6. The number of aliphatic carboxylic acids is 1. The van der Waals surface area contributed by atoms with Crippen LogP contribution in [0, 0.1) is 71.1 Å². The smallest absolute Gasteiger partial charge is 0.341 e. The molecule has 10 rings (SSSR count). The lowest BCUT2D eigenvalue weighted by Gasteiger charge is -2.09. The predicted molar refractivity (Wildman–Crippen MR) is 412 cm³/mol. The molecule has 0 saturated carbocycles. The Balaban J connectivity index is 0.000000235. The number of hydrogen-bond donors (Lipinski definition) is 3. The molecule has 0 saturated heterocycles. The summed E-state index contributed by atoms with van der Waals surface area (Å²) in [5.41, 5.74) is 32.8. The first-order valence-corrected chi connectivity index (χ1v) is 37.0. The standard InChI is InChI=1S/C18H23N3O5.C18H25N3O3.C16H24N2O.C15H22N2.C14H19ClN2.HI/c1-5-12-11(6-9(2)3)14(16(24)17(19)25)15-18(26-8-13(22)23)20-10(4)7-21(12)15;1-6-13-12(8-10(3)4)14(16(22)17(19)23)15-18(24-7-2)20-11(5)9-21(13)15;1-6-14-13(8-11(3)4)9-15-16(19-7-2)17-12(5)10-18(14)15;1-6-14-13(7-10(2)3)8-15-12(5)16-11(4)9-17(14)15;1-5-12-11(6-9(2)3)7-13-14(15)16-10(4)8-17(12)13;/h7,9H,5-6,8H2,1-4H3,(H2,19,25)(H,22,23);9-10H,6-8H2,1-5H3,(H2,19,23);9-11H,6-8H2,1-5H3;8-10H,6-7H2,1-5H3;7-9H,5-6H2,1-4H3;1H/p-1. The van der Waals surface area contributed by atoms with Crippen LogP contribution < -0.4 is 49.7 Å². The number of carboxylic acid groups (broad SMARTS) is 1. The van der Waals surface area contributed by atoms with Crippen LogP contribution in [-0.4, -0.2) is 101 Å². The highest BCUT2D eigenvalue weighted by atomic mass is 127. The molecule has 10 aromatic rings. The molecule has 0 aliphatic carbocycles. The summed E-state index contributed by atoms with van der Waals surface area (Å²) in [6.07, 6.45) is 19.0. The van der Waals surface area contributed by atoms with Crippen molar-refractivity contribution in [2.24, 2.45) is 41.1 Å². The number of carbonyl (C=O) groups is 5. The quantitative estimate of drug-likeness (QED) is 0.0258. The van der Waals surface area contributed by atoms with Crippen molar-refractivity contribution in [2.75, 3.05) is 19.8 Å². The van der Waals surface area contributed by atoms with E-state index in [1.165, 1.54) is 39.3 Å². The molecule has 566 valence electrons. The van der Waals surface area contributed by atoms with Gasteiger partial charge >= 0.3 is 5.97 Å². The summed E-state index contributed by atoms with van der Waals surface area (Å²) in [4.78, 5) is 81.3. The number of amides is 2. The van der Waals surface area contributed by atoms with Crippen LogP contribution in [0.25, 0.3) is 27.6 Å². The van der Waals surface area contributed by atoms with Gasteiger partial charge < -0.3 is 76.8 Å². The second-order valence-electron chi connectivity index (χ2n) is 28.5. The van der Waals surface area contributed by atoms with Crippen LogP contribution in [0.15, 0.2) is 49.2 Å². The molecule has 2 amide bonds. The normalized spacial score (nSPS) is 11.3. The number of aromatic nitrogens is 10. The number of ketones is 2. The first-order valence-electron chi connectivity index (χ1n) is 36.6. The first kappa shape index (κ1) is 86.3. The maximum atomic E-state index is 12.6. The van der Waals surface area contributed by atoms with Crippen molar-refractivity contribution >= 4 is 68.5 Å². The minimum Gasteiger partial charge on any atom is -1.00 e. The van der Waals surface area contributed by atoms with Crippen molar-refractivity contribution in [1.82, 2.24) is 46.9 Å². The molecule has 10 aromatic heterocycles. The average molecular weight is 1560 g/mol. The molecule has 0 spiro atoms. The Labute approximate surface area is 636 Å². The number of aryl methyl sites for hydroxylation is 11. The zero-order valence-electron chi connectivity index (χ0n) is 65.8. The third-order valence-corrected chi connectivity index (χ3v) is 17.6. The lowest BCUT2D eigenvalue weighted by Crippen LogP contribution is -3.00. The summed E-state index contributed by atoms with van der Waals surface area (Å²) >= 11 is 6.21. The van der Waals surface area contributed by atoms with Gasteiger partial charge in [0.1, 0.15) is 16.6 Å². The fraction of sp³-hybridized carbons (Fsp3) is 0.506. The van der Waals surface area contributed by atoms with Crippen LogP contribution in [0.2, 0.25) is 5.15 Å². The van der Waals surface area contributed by atoms with Crippen molar-refractivity contribution in [1.29, 1.82) is 0 Å². The minimum absolute atomic E-state index is 0. The topological polar surface area (TPSA) is 272 Å². The van der Waals surface area contributed by atoms with Gasteiger partial charge in [0.25, 0.3) is 23.4 Å². The van der Waals surface area contributed by atoms with E-state index in [1.54, 1.807) is 17.5 Å². The number of Topliss-reactive ketones (excluding diaryl/α,β-unsaturated/α-hetero) is 2. The van der Waals surface area contributed by atoms with Gasteiger partial charge in [-0.25, -0.2) is 24.7 Å². The molecule has 0 aromatic carbocycles. The van der Waals surface area contributed by atoms with E-state index in [0.29, 0.717) is 84.0 Å². The number of fused-ring (bicyclic) bond motifs is 5. The number of hydrogen-bond acceptors (Lipinski definition) is 13. The largest absolute Gasteiger partial charge is 1.00 e. The molecule has 0 radical (unpaired) electrons. The molecule has 5 N–H and O–H groups in total. The van der Waals surface area contributed by atoms with Gasteiger partial charge in [-0.2, -0.15) is 0 Å². The average Bonchev–Trinajstić information content (AvgIpc) is 1.60. The number of nitrogens with two attached hydrogens (primary N) is 2. The van der Waals surface area contributed by atoms with Gasteiger partial charge in [0.2, 0.25) is 17.6 Å². The van der Waals surface area contributed by atoms with E-state index in [0.717, 1.165) is 113 Å². The van der Waals surface area contributed by atoms with E-state index in [4.69, 9.17) is 42.4 Å². The van der Waals surface area contributed by atoms with Crippen LogP contribution in [0.1, 0.15) is 229 Å². The van der Waals surface area contributed by atoms with Crippen LogP contribution in [-0.2, 0) is 78.6 Å². The molecular formula is C81H113ClIN12O9-. The number of ether oxygens (including phenoxy) is 3. The van der Waals surface area contributed by atoms with Gasteiger partial charge in [0.15, 0.2) is 11.8 Å². The van der Waals surface area contributed by atoms with Crippen molar-refractivity contribution in [3.63, 3.8) is 0 Å². The molecule has 23 heteroatoms. The van der Waals surface area contributed by atoms with Gasteiger partial charge in [-0.05, 0) is 195 Å². The van der Waals surface area contributed by atoms with Crippen LogP contribution in [0.4, 0.5) is 0 Å². The minimum atomic E-state index is -1.17. The molecule has 0 aliphatic rings. The van der Waals surface area contributed by atoms with E-state index in [1.807, 2.05) is 72.9 Å². The molecule has 0 unspecified atom stereocenters. The summed E-state index contributed by atoms with van der Waals surface area (Å²) in [5.74, 6) is -1.01. The molecule has 21 nitrogen and oxygen atoms in total. The second-order valence-corrected chi connectivity index (χ2v) is 28.9. The molecule has 10 heterocycles. The van der Waals surface area contributed by atoms with E-state index < -0.39 is 36.0 Å². The summed E-state index contributed by atoms with van der Waals surface area (Å²) in [6, 6.07) is 6.75. The monoisotopic (exact) mass is 1560 g/mol. The summed E-state index contributed by atoms with van der Waals surface area (Å²) in [7, 11) is 0. The maximum Gasteiger partial charge on any atom is 0.341 e. The van der Waals surface area contributed by atoms with Gasteiger partial charge in [-0.3, -0.25) is 24.2 Å².